The maximum absolute atomic E-state index is 12.5. The molecule has 0 aromatic carbocycles. The van der Waals surface area contributed by atoms with Crippen molar-refractivity contribution in [2.24, 2.45) is 5.92 Å². The average Bonchev–Trinajstić information content (AvgIpc) is 2.15. The number of halogens is 1. The minimum absolute atomic E-state index is 0.203. The number of rotatable bonds is 1. The van der Waals surface area contributed by atoms with Crippen molar-refractivity contribution in [1.82, 2.24) is 5.32 Å². The van der Waals surface area contributed by atoms with E-state index >= 15 is 0 Å². The van der Waals surface area contributed by atoms with E-state index in [9.17, 15) is 4.39 Å². The second-order valence-corrected chi connectivity index (χ2v) is 2.24. The highest BCUT2D eigenvalue weighted by molar-refractivity contribution is 4.83. The van der Waals surface area contributed by atoms with Crippen molar-refractivity contribution in [1.29, 1.82) is 0 Å². The van der Waals surface area contributed by atoms with E-state index in [0.717, 1.165) is 0 Å². The molecule has 4 heteroatoms. The molecule has 54 valence electrons. The van der Waals surface area contributed by atoms with Crippen molar-refractivity contribution in [2.45, 2.75) is 12.4 Å². The quantitative estimate of drug-likeness (QED) is 0.426. The van der Waals surface area contributed by atoms with Gasteiger partial charge in [-0.05, 0) is 0 Å². The molecule has 0 bridgehead atoms. The molecule has 0 aromatic rings. The number of aliphatic hydroxyl groups excluding tert-OH is 2. The van der Waals surface area contributed by atoms with Crippen LogP contribution < -0.4 is 5.32 Å². The van der Waals surface area contributed by atoms with E-state index in [-0.39, 0.29) is 6.61 Å². The lowest BCUT2D eigenvalue weighted by Crippen LogP contribution is -2.28. The molecule has 3 unspecified atom stereocenters. The van der Waals surface area contributed by atoms with Crippen LogP contribution in [0.1, 0.15) is 0 Å². The van der Waals surface area contributed by atoms with Gasteiger partial charge in [0.2, 0.25) is 0 Å². The summed E-state index contributed by atoms with van der Waals surface area (Å²) in [5.41, 5.74) is 0. The van der Waals surface area contributed by atoms with Gasteiger partial charge in [0.25, 0.3) is 0 Å². The van der Waals surface area contributed by atoms with Crippen LogP contribution in [0.3, 0.4) is 0 Å². The van der Waals surface area contributed by atoms with Crippen LogP contribution in [-0.4, -0.2) is 35.8 Å². The second-order valence-electron chi connectivity index (χ2n) is 2.24. The van der Waals surface area contributed by atoms with Gasteiger partial charge in [-0.3, -0.25) is 5.32 Å². The Morgan fingerprint density at radius 2 is 2.33 bits per heavy atom. The Morgan fingerprint density at radius 1 is 1.67 bits per heavy atom. The third-order valence-electron chi connectivity index (χ3n) is 1.58. The maximum atomic E-state index is 12.5. The molecule has 0 aliphatic carbocycles. The van der Waals surface area contributed by atoms with Crippen LogP contribution in [-0.2, 0) is 0 Å². The van der Waals surface area contributed by atoms with Crippen LogP contribution >= 0.6 is 0 Å². The van der Waals surface area contributed by atoms with Gasteiger partial charge < -0.3 is 10.2 Å². The highest BCUT2D eigenvalue weighted by atomic mass is 19.1. The van der Waals surface area contributed by atoms with Crippen molar-refractivity contribution < 1.29 is 14.6 Å². The molecule has 3 N–H and O–H groups in total. The molecular weight excluding hydrogens is 125 g/mol. The molecule has 3 nitrogen and oxygen atoms in total. The second kappa shape index (κ2) is 2.60. The fourth-order valence-electron chi connectivity index (χ4n) is 0.920. The topological polar surface area (TPSA) is 52.5 Å². The minimum Gasteiger partial charge on any atom is -0.396 e. The minimum atomic E-state index is -1.31. The van der Waals surface area contributed by atoms with Crippen LogP contribution in [0.2, 0.25) is 0 Å². The van der Waals surface area contributed by atoms with E-state index in [2.05, 4.69) is 5.32 Å². The summed E-state index contributed by atoms with van der Waals surface area (Å²) in [6, 6.07) is 0. The maximum Gasteiger partial charge on any atom is 0.145 e. The van der Waals surface area contributed by atoms with Crippen molar-refractivity contribution >= 4 is 0 Å². The third kappa shape index (κ3) is 1.20. The summed E-state index contributed by atoms with van der Waals surface area (Å²) >= 11 is 0. The first-order valence-corrected chi connectivity index (χ1v) is 2.92. The molecule has 9 heavy (non-hydrogen) atoms. The van der Waals surface area contributed by atoms with Crippen LogP contribution in [0.4, 0.5) is 4.39 Å². The summed E-state index contributed by atoms with van der Waals surface area (Å²) in [4.78, 5) is 0. The molecule has 0 amide bonds. The highest BCUT2D eigenvalue weighted by Gasteiger charge is 2.33. The van der Waals surface area contributed by atoms with Gasteiger partial charge in [-0.2, -0.15) is 0 Å². The lowest BCUT2D eigenvalue weighted by molar-refractivity contribution is 0.0578. The lowest BCUT2D eigenvalue weighted by atomic mass is 10.1. The van der Waals surface area contributed by atoms with Crippen LogP contribution in [0.25, 0.3) is 0 Å². The third-order valence-corrected chi connectivity index (χ3v) is 1.58. The standard InChI is InChI=1S/C5H10FNO2/c6-4-3(2-8)1-7-5(4)9/h3-5,7-9H,1-2H2. The van der Waals surface area contributed by atoms with Gasteiger partial charge in [-0.25, -0.2) is 4.39 Å². The van der Waals surface area contributed by atoms with Crippen LogP contribution in [0, 0.1) is 5.92 Å². The summed E-state index contributed by atoms with van der Waals surface area (Å²) in [5, 5.41) is 19.7. The van der Waals surface area contributed by atoms with E-state index in [1.54, 1.807) is 0 Å². The first-order valence-electron chi connectivity index (χ1n) is 2.92. The van der Waals surface area contributed by atoms with Gasteiger partial charge in [0.05, 0.1) is 6.61 Å². The van der Waals surface area contributed by atoms with Gasteiger partial charge in [0.15, 0.2) is 0 Å². The van der Waals surface area contributed by atoms with Crippen molar-refractivity contribution in [3.8, 4) is 0 Å². The van der Waals surface area contributed by atoms with E-state index in [0.29, 0.717) is 6.54 Å². The summed E-state index contributed by atoms with van der Waals surface area (Å²) in [6.45, 7) is 0.157. The van der Waals surface area contributed by atoms with E-state index in [4.69, 9.17) is 10.2 Å². The summed E-state index contributed by atoms with van der Waals surface area (Å²) in [5.74, 6) is -0.431. The Balaban J connectivity index is 2.41. The highest BCUT2D eigenvalue weighted by Crippen LogP contribution is 2.15. The number of nitrogens with one attached hydrogen (secondary N) is 1. The summed E-state index contributed by atoms with van der Waals surface area (Å²) in [7, 11) is 0. The Morgan fingerprint density at radius 3 is 2.56 bits per heavy atom. The van der Waals surface area contributed by atoms with E-state index in [1.165, 1.54) is 0 Å². The molecule has 0 spiro atoms. The summed E-state index contributed by atoms with van der Waals surface area (Å²) < 4.78 is 12.5. The smallest absolute Gasteiger partial charge is 0.145 e. The fourth-order valence-corrected chi connectivity index (χ4v) is 0.920. The monoisotopic (exact) mass is 135 g/mol. The first-order chi connectivity index (χ1) is 4.25. The number of hydrogen-bond donors (Lipinski definition) is 3. The first kappa shape index (κ1) is 6.92. The molecule has 0 aromatic heterocycles. The zero-order valence-electron chi connectivity index (χ0n) is 4.92. The lowest BCUT2D eigenvalue weighted by Gasteiger charge is -2.08. The van der Waals surface area contributed by atoms with Gasteiger partial charge in [-0.1, -0.05) is 0 Å². The van der Waals surface area contributed by atoms with Gasteiger partial charge in [-0.15, -0.1) is 0 Å². The molecule has 0 radical (unpaired) electrons. The molecule has 1 aliphatic rings. The Kier molecular flexibility index (Phi) is 2.00. The molecular formula is C5H10FNO2. The normalized spacial score (nSPS) is 43.7. The molecule has 1 saturated heterocycles. The predicted octanol–water partition coefficient (Wildman–Crippen LogP) is -1.15. The number of alkyl halides is 1. The van der Waals surface area contributed by atoms with Gasteiger partial charge in [0.1, 0.15) is 12.4 Å². The molecule has 0 saturated carbocycles. The molecule has 1 heterocycles. The Hall–Kier alpha value is -0.190. The molecule has 1 rings (SSSR count). The largest absolute Gasteiger partial charge is 0.396 e. The Labute approximate surface area is 52.5 Å². The van der Waals surface area contributed by atoms with Crippen molar-refractivity contribution in [3.05, 3.63) is 0 Å². The van der Waals surface area contributed by atoms with Crippen LogP contribution in [0.5, 0.6) is 0 Å². The van der Waals surface area contributed by atoms with Gasteiger partial charge >= 0.3 is 0 Å². The van der Waals surface area contributed by atoms with E-state index in [1.807, 2.05) is 0 Å². The Bertz CT molecular complexity index is 101. The zero-order chi connectivity index (χ0) is 6.85. The van der Waals surface area contributed by atoms with Gasteiger partial charge in [0, 0.05) is 12.5 Å². The summed E-state index contributed by atoms with van der Waals surface area (Å²) in [6.07, 6.45) is -2.39. The number of aliphatic hydroxyl groups is 2. The fraction of sp³-hybridized carbons (Fsp3) is 1.00. The van der Waals surface area contributed by atoms with Crippen LogP contribution in [0.15, 0.2) is 0 Å². The van der Waals surface area contributed by atoms with Crippen molar-refractivity contribution in [3.63, 3.8) is 0 Å². The zero-order valence-corrected chi connectivity index (χ0v) is 4.92. The SMILES string of the molecule is OCC1CNC(O)C1F. The average molecular weight is 135 g/mol. The predicted molar refractivity (Wildman–Crippen MR) is 29.5 cm³/mol. The molecule has 3 atom stereocenters. The van der Waals surface area contributed by atoms with Crippen molar-refractivity contribution in [2.75, 3.05) is 13.2 Å². The number of hydrogen-bond acceptors (Lipinski definition) is 3. The molecule has 1 fully saturated rings. The molecule has 1 aliphatic heterocycles. The van der Waals surface area contributed by atoms with E-state index < -0.39 is 18.3 Å².